The average Bonchev–Trinajstić information content (AvgIpc) is 2.76. The zero-order valence-electron chi connectivity index (χ0n) is 20.9. The summed E-state index contributed by atoms with van der Waals surface area (Å²) < 4.78 is 24.9. The standard InChI is InChI=1S/C25H38FN3O5/c1-14-7-9-16(10-8-14)20(27)22(30)28-19-12-11-17(13-18(19)26)15(2)21(23(31)33-6)29-24(32)34-25(3,4)5/h11-16,20-21H,7-10,27H2,1-6H3,(H,28,30)(H,29,32)/t14-,15-,16-,20-,21+/m0/s1. The maximum atomic E-state index is 14.9. The highest BCUT2D eigenvalue weighted by atomic mass is 19.1. The minimum Gasteiger partial charge on any atom is -0.467 e. The van der Waals surface area contributed by atoms with E-state index < -0.39 is 47.4 Å². The Labute approximate surface area is 201 Å². The Morgan fingerprint density at radius 2 is 1.76 bits per heavy atom. The van der Waals surface area contributed by atoms with Crippen molar-refractivity contribution in [3.8, 4) is 0 Å². The molecule has 34 heavy (non-hydrogen) atoms. The molecule has 0 aromatic heterocycles. The van der Waals surface area contributed by atoms with E-state index in [0.717, 1.165) is 25.7 Å². The second-order valence-electron chi connectivity index (χ2n) is 10.2. The van der Waals surface area contributed by atoms with Crippen molar-refractivity contribution in [3.63, 3.8) is 0 Å². The molecule has 1 saturated carbocycles. The van der Waals surface area contributed by atoms with Gasteiger partial charge in [0.05, 0.1) is 18.8 Å². The van der Waals surface area contributed by atoms with Crippen LogP contribution in [0.5, 0.6) is 0 Å². The van der Waals surface area contributed by atoms with Crippen LogP contribution in [-0.4, -0.2) is 42.8 Å². The molecule has 0 unspecified atom stereocenters. The first-order chi connectivity index (χ1) is 15.8. The number of benzene rings is 1. The fraction of sp³-hybridized carbons (Fsp3) is 0.640. The number of rotatable bonds is 7. The summed E-state index contributed by atoms with van der Waals surface area (Å²) in [5, 5.41) is 5.08. The van der Waals surface area contributed by atoms with Crippen molar-refractivity contribution in [2.45, 2.75) is 83.9 Å². The summed E-state index contributed by atoms with van der Waals surface area (Å²) in [5.74, 6) is -1.69. The zero-order valence-corrected chi connectivity index (χ0v) is 20.9. The number of carbonyl (C=O) groups excluding carboxylic acids is 3. The highest BCUT2D eigenvalue weighted by molar-refractivity contribution is 5.95. The molecule has 190 valence electrons. The van der Waals surface area contributed by atoms with Crippen molar-refractivity contribution in [1.29, 1.82) is 0 Å². The number of anilines is 1. The molecule has 1 aliphatic carbocycles. The molecule has 1 aromatic rings. The van der Waals surface area contributed by atoms with Crippen LogP contribution in [0.15, 0.2) is 18.2 Å². The molecule has 9 heteroatoms. The van der Waals surface area contributed by atoms with Gasteiger partial charge >= 0.3 is 12.1 Å². The first-order valence-corrected chi connectivity index (χ1v) is 11.8. The van der Waals surface area contributed by atoms with Gasteiger partial charge in [-0.15, -0.1) is 0 Å². The molecule has 0 heterocycles. The molecule has 0 radical (unpaired) electrons. The third kappa shape index (κ3) is 7.68. The van der Waals surface area contributed by atoms with Gasteiger partial charge in [-0.25, -0.2) is 14.0 Å². The summed E-state index contributed by atoms with van der Waals surface area (Å²) in [6.45, 7) is 8.95. The lowest BCUT2D eigenvalue weighted by Crippen LogP contribution is -2.46. The minimum absolute atomic E-state index is 0.00953. The maximum absolute atomic E-state index is 14.9. The Balaban J connectivity index is 2.10. The van der Waals surface area contributed by atoms with Gasteiger partial charge in [-0.3, -0.25) is 4.79 Å². The molecule has 0 saturated heterocycles. The van der Waals surface area contributed by atoms with E-state index in [1.54, 1.807) is 33.8 Å². The van der Waals surface area contributed by atoms with Crippen LogP contribution in [0.4, 0.5) is 14.9 Å². The molecule has 2 amide bonds. The van der Waals surface area contributed by atoms with Gasteiger partial charge in [0.2, 0.25) is 5.91 Å². The first-order valence-electron chi connectivity index (χ1n) is 11.8. The first kappa shape index (κ1) is 27.6. The zero-order chi connectivity index (χ0) is 25.6. The van der Waals surface area contributed by atoms with Gasteiger partial charge in [0.15, 0.2) is 0 Å². The Hall–Kier alpha value is -2.68. The Bertz CT molecular complexity index is 878. The summed E-state index contributed by atoms with van der Waals surface area (Å²) in [6, 6.07) is 2.44. The van der Waals surface area contributed by atoms with Crippen LogP contribution < -0.4 is 16.4 Å². The molecule has 4 N–H and O–H groups in total. The third-order valence-corrected chi connectivity index (χ3v) is 6.28. The van der Waals surface area contributed by atoms with Gasteiger partial charge in [0.25, 0.3) is 0 Å². The van der Waals surface area contributed by atoms with Crippen molar-refractivity contribution in [3.05, 3.63) is 29.6 Å². The van der Waals surface area contributed by atoms with Crippen molar-refractivity contribution < 1.29 is 28.2 Å². The van der Waals surface area contributed by atoms with E-state index in [4.69, 9.17) is 15.2 Å². The summed E-state index contributed by atoms with van der Waals surface area (Å²) in [5.41, 5.74) is 5.85. The number of hydrogen-bond donors (Lipinski definition) is 3. The number of halogens is 1. The lowest BCUT2D eigenvalue weighted by molar-refractivity contribution is -0.143. The van der Waals surface area contributed by atoms with Gasteiger partial charge in [-0.2, -0.15) is 0 Å². The summed E-state index contributed by atoms with van der Waals surface area (Å²) in [7, 11) is 1.20. The molecular formula is C25H38FN3O5. The fourth-order valence-corrected chi connectivity index (χ4v) is 4.13. The van der Waals surface area contributed by atoms with Crippen molar-refractivity contribution in [2.75, 3.05) is 12.4 Å². The molecule has 0 aliphatic heterocycles. The Morgan fingerprint density at radius 3 is 2.29 bits per heavy atom. The predicted molar refractivity (Wildman–Crippen MR) is 128 cm³/mol. The second kappa shape index (κ2) is 11.6. The lowest BCUT2D eigenvalue weighted by Gasteiger charge is -2.30. The van der Waals surface area contributed by atoms with Crippen molar-refractivity contribution in [2.24, 2.45) is 17.6 Å². The van der Waals surface area contributed by atoms with E-state index in [1.807, 2.05) is 0 Å². The summed E-state index contributed by atoms with van der Waals surface area (Å²) in [6.07, 6.45) is 3.05. The fourth-order valence-electron chi connectivity index (χ4n) is 4.13. The molecule has 1 aromatic carbocycles. The lowest BCUT2D eigenvalue weighted by atomic mass is 9.79. The van der Waals surface area contributed by atoms with Crippen LogP contribution >= 0.6 is 0 Å². The molecule has 0 spiro atoms. The van der Waals surface area contributed by atoms with E-state index in [9.17, 15) is 18.8 Å². The number of nitrogens with two attached hydrogens (primary N) is 1. The highest BCUT2D eigenvalue weighted by Gasteiger charge is 2.32. The number of hydrogen-bond acceptors (Lipinski definition) is 6. The molecule has 0 bridgehead atoms. The second-order valence-corrected chi connectivity index (χ2v) is 10.2. The maximum Gasteiger partial charge on any atom is 0.408 e. The number of alkyl carbamates (subject to hydrolysis) is 1. The minimum atomic E-state index is -1.10. The Morgan fingerprint density at radius 1 is 1.15 bits per heavy atom. The van der Waals surface area contributed by atoms with Gasteiger partial charge < -0.3 is 25.8 Å². The van der Waals surface area contributed by atoms with Crippen LogP contribution in [0.2, 0.25) is 0 Å². The normalized spacial score (nSPS) is 21.1. The number of ether oxygens (including phenoxy) is 2. The number of esters is 1. The largest absolute Gasteiger partial charge is 0.467 e. The molecule has 1 fully saturated rings. The third-order valence-electron chi connectivity index (χ3n) is 6.28. The topological polar surface area (TPSA) is 120 Å². The summed E-state index contributed by atoms with van der Waals surface area (Å²) in [4.78, 5) is 37.1. The monoisotopic (exact) mass is 479 g/mol. The van der Waals surface area contributed by atoms with E-state index in [0.29, 0.717) is 11.5 Å². The van der Waals surface area contributed by atoms with Gasteiger partial charge in [0, 0.05) is 5.92 Å². The number of amides is 2. The van der Waals surface area contributed by atoms with Crippen LogP contribution in [0.3, 0.4) is 0 Å². The van der Waals surface area contributed by atoms with Crippen LogP contribution in [0.1, 0.15) is 71.8 Å². The molecule has 1 aliphatic rings. The number of nitrogens with one attached hydrogen (secondary N) is 2. The van der Waals surface area contributed by atoms with Crippen LogP contribution in [-0.2, 0) is 19.1 Å². The molecular weight excluding hydrogens is 441 g/mol. The summed E-state index contributed by atoms with van der Waals surface area (Å²) >= 11 is 0. The van der Waals surface area contributed by atoms with Crippen molar-refractivity contribution >= 4 is 23.7 Å². The van der Waals surface area contributed by atoms with Crippen LogP contribution in [0.25, 0.3) is 0 Å². The highest BCUT2D eigenvalue weighted by Crippen LogP contribution is 2.31. The van der Waals surface area contributed by atoms with Crippen molar-refractivity contribution in [1.82, 2.24) is 5.32 Å². The Kier molecular flexibility index (Phi) is 9.44. The van der Waals surface area contributed by atoms with Gasteiger partial charge in [-0.05, 0) is 63.1 Å². The van der Waals surface area contributed by atoms with E-state index in [-0.39, 0.29) is 11.6 Å². The smallest absolute Gasteiger partial charge is 0.408 e. The molecule has 3 atom stereocenters. The number of carbonyl (C=O) groups is 3. The van der Waals surface area contributed by atoms with E-state index in [2.05, 4.69) is 17.6 Å². The quantitative estimate of drug-likeness (QED) is 0.507. The van der Waals surface area contributed by atoms with E-state index in [1.165, 1.54) is 19.2 Å². The van der Waals surface area contributed by atoms with Gasteiger partial charge in [-0.1, -0.05) is 32.8 Å². The predicted octanol–water partition coefficient (Wildman–Crippen LogP) is 4.09. The number of methoxy groups -OCH3 is 1. The molecule has 8 nitrogen and oxygen atoms in total. The van der Waals surface area contributed by atoms with Gasteiger partial charge in [0.1, 0.15) is 17.5 Å². The van der Waals surface area contributed by atoms with Crippen LogP contribution in [0, 0.1) is 17.7 Å². The SMILES string of the molecule is COC(=O)[C@H](NC(=O)OC(C)(C)C)[C@@H](C)c1ccc(NC(=O)[C@@H](N)[C@H]2CC[C@H](C)CC2)c(F)c1. The molecule has 2 rings (SSSR count). The average molecular weight is 480 g/mol. The van der Waals surface area contributed by atoms with E-state index >= 15 is 0 Å².